The number of carbonyl (C=O) groups excluding carboxylic acids is 2. The van der Waals surface area contributed by atoms with Crippen molar-refractivity contribution in [3.05, 3.63) is 35.5 Å². The molecule has 2 heterocycles. The number of hydrogen-bond donors (Lipinski definition) is 1. The number of hydrogen-bond acceptors (Lipinski definition) is 6. The number of esters is 2. The smallest absolute Gasteiger partial charge is 0.334 e. The van der Waals surface area contributed by atoms with Crippen LogP contribution in [0.2, 0.25) is 0 Å². The molecule has 0 saturated carbocycles. The molecule has 2 saturated heterocycles. The van der Waals surface area contributed by atoms with Gasteiger partial charge in [0.2, 0.25) is 0 Å². The van der Waals surface area contributed by atoms with E-state index in [2.05, 4.69) is 6.58 Å². The van der Waals surface area contributed by atoms with Crippen molar-refractivity contribution in [2.75, 3.05) is 0 Å². The second kappa shape index (κ2) is 6.67. The lowest BCUT2D eigenvalue weighted by molar-refractivity contribution is -0.148. The Hall–Kier alpha value is -1.92. The topological polar surface area (TPSA) is 85.4 Å². The van der Waals surface area contributed by atoms with Crippen LogP contribution < -0.4 is 0 Å². The molecule has 0 amide bonds. The largest absolute Gasteiger partial charge is 0.458 e. The molecule has 0 radical (unpaired) electrons. The summed E-state index contributed by atoms with van der Waals surface area (Å²) in [5.41, 5.74) is 0.974. The van der Waals surface area contributed by atoms with Crippen LogP contribution in [0.25, 0.3) is 0 Å². The first kappa shape index (κ1) is 18.9. The highest BCUT2D eigenvalue weighted by atomic mass is 16.6. The van der Waals surface area contributed by atoms with Crippen molar-refractivity contribution in [2.45, 2.75) is 70.6 Å². The molecule has 142 valence electrons. The van der Waals surface area contributed by atoms with Gasteiger partial charge in [-0.2, -0.15) is 0 Å². The second-order valence-corrected chi connectivity index (χ2v) is 7.62. The van der Waals surface area contributed by atoms with Crippen LogP contribution in [0.1, 0.15) is 40.5 Å². The molecule has 26 heavy (non-hydrogen) atoms. The molecule has 0 bridgehead atoms. The first-order chi connectivity index (χ1) is 12.2. The fourth-order valence-electron chi connectivity index (χ4n) is 3.70. The van der Waals surface area contributed by atoms with Gasteiger partial charge in [-0.3, -0.25) is 0 Å². The molecule has 3 aliphatic rings. The van der Waals surface area contributed by atoms with Crippen molar-refractivity contribution in [3.8, 4) is 0 Å². The normalized spacial score (nSPS) is 42.1. The van der Waals surface area contributed by atoms with E-state index in [0.717, 1.165) is 0 Å². The van der Waals surface area contributed by atoms with Crippen molar-refractivity contribution in [2.24, 2.45) is 5.92 Å². The lowest BCUT2D eigenvalue weighted by atomic mass is 9.82. The number of ether oxygens (including phenoxy) is 3. The standard InChI is InChI=1S/C20H26O6/c1-6-10(2)18(22)25-15-9-20(5)16(26-20)8-13(21)11(3)7-14-17(15)12(4)19(23)24-14/h6-7,13-17,21H,4,8-9H2,1-3,5H3/b10-6-,11-7-/t13-,14+,15+,16-,17-,20+/m0/s1. The van der Waals surface area contributed by atoms with Crippen molar-refractivity contribution >= 4 is 11.9 Å². The molecule has 6 heteroatoms. The maximum Gasteiger partial charge on any atom is 0.334 e. The molecule has 0 aromatic rings. The number of aliphatic hydroxyl groups excluding tert-OH is 1. The maximum atomic E-state index is 12.4. The van der Waals surface area contributed by atoms with Crippen LogP contribution in [0.3, 0.4) is 0 Å². The fraction of sp³-hybridized carbons (Fsp3) is 0.600. The quantitative estimate of drug-likeness (QED) is 0.351. The molecule has 0 aromatic carbocycles. The van der Waals surface area contributed by atoms with E-state index in [-0.39, 0.29) is 11.7 Å². The lowest BCUT2D eigenvalue weighted by Crippen LogP contribution is -2.37. The van der Waals surface area contributed by atoms with E-state index < -0.39 is 41.8 Å². The molecular weight excluding hydrogens is 336 g/mol. The van der Waals surface area contributed by atoms with Crippen LogP contribution >= 0.6 is 0 Å². The molecule has 1 N–H and O–H groups in total. The minimum Gasteiger partial charge on any atom is -0.458 e. The summed E-state index contributed by atoms with van der Waals surface area (Å²) in [6.45, 7) is 11.0. The summed E-state index contributed by atoms with van der Waals surface area (Å²) < 4.78 is 17.0. The number of epoxide rings is 1. The second-order valence-electron chi connectivity index (χ2n) is 7.62. The van der Waals surface area contributed by atoms with Crippen LogP contribution in [-0.2, 0) is 23.8 Å². The summed E-state index contributed by atoms with van der Waals surface area (Å²) in [5.74, 6) is -1.43. The van der Waals surface area contributed by atoms with E-state index in [9.17, 15) is 14.7 Å². The Bertz CT molecular complexity index is 705. The number of carbonyl (C=O) groups is 2. The monoisotopic (exact) mass is 362 g/mol. The Kier molecular flexibility index (Phi) is 4.84. The van der Waals surface area contributed by atoms with Gasteiger partial charge in [0.15, 0.2) is 0 Å². The molecule has 0 spiro atoms. The summed E-state index contributed by atoms with van der Waals surface area (Å²) in [6.07, 6.45) is 2.29. The minimum absolute atomic E-state index is 0.118. The van der Waals surface area contributed by atoms with Gasteiger partial charge in [0.1, 0.15) is 12.2 Å². The predicted molar refractivity (Wildman–Crippen MR) is 94.1 cm³/mol. The highest BCUT2D eigenvalue weighted by Gasteiger charge is 2.57. The van der Waals surface area contributed by atoms with Crippen LogP contribution in [0.15, 0.2) is 35.5 Å². The highest BCUT2D eigenvalue weighted by Crippen LogP contribution is 2.47. The molecule has 2 aliphatic heterocycles. The van der Waals surface area contributed by atoms with Gasteiger partial charge in [0, 0.05) is 24.0 Å². The van der Waals surface area contributed by atoms with Gasteiger partial charge in [-0.05, 0) is 39.3 Å². The summed E-state index contributed by atoms with van der Waals surface area (Å²) >= 11 is 0. The molecule has 0 unspecified atom stereocenters. The van der Waals surface area contributed by atoms with Gasteiger partial charge in [-0.1, -0.05) is 12.7 Å². The Morgan fingerprint density at radius 1 is 1.50 bits per heavy atom. The molecule has 6 nitrogen and oxygen atoms in total. The molecule has 6 atom stereocenters. The van der Waals surface area contributed by atoms with Crippen LogP contribution in [0.4, 0.5) is 0 Å². The average molecular weight is 362 g/mol. The number of allylic oxidation sites excluding steroid dienone is 1. The van der Waals surface area contributed by atoms with Gasteiger partial charge < -0.3 is 19.3 Å². The predicted octanol–water partition coefficient (Wildman–Crippen LogP) is 2.22. The van der Waals surface area contributed by atoms with Crippen molar-refractivity contribution in [1.82, 2.24) is 0 Å². The number of rotatable bonds is 2. The summed E-state index contributed by atoms with van der Waals surface area (Å²) in [5, 5.41) is 10.4. The van der Waals surface area contributed by atoms with E-state index in [4.69, 9.17) is 14.2 Å². The third-order valence-corrected chi connectivity index (χ3v) is 5.71. The third-order valence-electron chi connectivity index (χ3n) is 5.71. The van der Waals surface area contributed by atoms with E-state index in [1.54, 1.807) is 32.9 Å². The maximum absolute atomic E-state index is 12.4. The minimum atomic E-state index is -0.667. The lowest BCUT2D eigenvalue weighted by Gasteiger charge is -2.29. The van der Waals surface area contributed by atoms with Crippen LogP contribution in [0.5, 0.6) is 0 Å². The number of fused-ring (bicyclic) bond motifs is 2. The van der Waals surface area contributed by atoms with Crippen molar-refractivity contribution in [1.29, 1.82) is 0 Å². The molecular formula is C20H26O6. The Morgan fingerprint density at radius 2 is 2.19 bits per heavy atom. The van der Waals surface area contributed by atoms with Crippen molar-refractivity contribution in [3.63, 3.8) is 0 Å². The van der Waals surface area contributed by atoms with Gasteiger partial charge >= 0.3 is 11.9 Å². The zero-order valence-corrected chi connectivity index (χ0v) is 15.7. The van der Waals surface area contributed by atoms with Crippen LogP contribution in [0, 0.1) is 5.92 Å². The first-order valence-corrected chi connectivity index (χ1v) is 8.94. The summed E-state index contributed by atoms with van der Waals surface area (Å²) in [4.78, 5) is 24.5. The molecule has 0 aromatic heterocycles. The van der Waals surface area contributed by atoms with Gasteiger partial charge in [0.25, 0.3) is 0 Å². The summed E-state index contributed by atoms with van der Waals surface area (Å²) in [6, 6.07) is 0. The SMILES string of the molecule is C=C1C(=O)O[C@@H]2/C=C(/C)[C@@H](O)C[C@@H]3O[C@]3(C)C[C@@H](OC(=O)/C(C)=C\C)[C@@H]12. The summed E-state index contributed by atoms with van der Waals surface area (Å²) in [7, 11) is 0. The zero-order chi connectivity index (χ0) is 19.2. The Morgan fingerprint density at radius 3 is 2.85 bits per heavy atom. The molecule has 3 rings (SSSR count). The van der Waals surface area contributed by atoms with Crippen LogP contribution in [-0.4, -0.2) is 47.1 Å². The van der Waals surface area contributed by atoms with Gasteiger partial charge in [-0.15, -0.1) is 0 Å². The van der Waals surface area contributed by atoms with E-state index in [0.29, 0.717) is 24.0 Å². The van der Waals surface area contributed by atoms with E-state index >= 15 is 0 Å². The number of aliphatic hydroxyl groups is 1. The van der Waals surface area contributed by atoms with E-state index in [1.165, 1.54) is 0 Å². The average Bonchev–Trinajstić information content (AvgIpc) is 3.11. The fourth-order valence-corrected chi connectivity index (χ4v) is 3.70. The molecule has 1 aliphatic carbocycles. The first-order valence-electron chi connectivity index (χ1n) is 8.94. The Balaban J connectivity index is 1.98. The highest BCUT2D eigenvalue weighted by molar-refractivity contribution is 5.92. The molecule has 2 fully saturated rings. The zero-order valence-electron chi connectivity index (χ0n) is 15.7. The Labute approximate surface area is 153 Å². The van der Waals surface area contributed by atoms with Crippen molar-refractivity contribution < 1.29 is 28.9 Å². The third kappa shape index (κ3) is 3.35. The van der Waals surface area contributed by atoms with Gasteiger partial charge in [0.05, 0.1) is 23.7 Å². The van der Waals surface area contributed by atoms with Gasteiger partial charge in [-0.25, -0.2) is 9.59 Å². The van der Waals surface area contributed by atoms with E-state index in [1.807, 2.05) is 6.92 Å².